The van der Waals surface area contributed by atoms with Gasteiger partial charge in [0.1, 0.15) is 5.75 Å². The number of piperazine rings is 1. The summed E-state index contributed by atoms with van der Waals surface area (Å²) in [6, 6.07) is 8.19. The lowest BCUT2D eigenvalue weighted by Gasteiger charge is -2.32. The number of nitrogens with one attached hydrogen (secondary N) is 1. The molecule has 4 rings (SSSR count). The van der Waals surface area contributed by atoms with Crippen LogP contribution < -0.4 is 4.74 Å². The minimum atomic E-state index is 0.0733. The van der Waals surface area contributed by atoms with Crippen molar-refractivity contribution in [2.45, 2.75) is 19.5 Å². The number of aromatic amines is 1. The quantitative estimate of drug-likeness (QED) is 0.882. The summed E-state index contributed by atoms with van der Waals surface area (Å²) in [5.74, 6) is 0.949. The summed E-state index contributed by atoms with van der Waals surface area (Å²) in [6.07, 6.45) is 0.858. The molecule has 1 fully saturated rings. The number of methoxy groups -OCH3 is 1. The topological polar surface area (TPSA) is 64.7 Å². The van der Waals surface area contributed by atoms with E-state index in [0.29, 0.717) is 5.69 Å². The highest BCUT2D eigenvalue weighted by molar-refractivity contribution is 5.94. The van der Waals surface area contributed by atoms with Gasteiger partial charge in [0.2, 0.25) is 0 Å². The normalized spacial score (nSPS) is 18.4. The van der Waals surface area contributed by atoms with Gasteiger partial charge >= 0.3 is 0 Å². The number of likely N-dealkylation sites (N-methyl/N-ethyl adjacent to an activating group) is 1. The average molecular weight is 369 g/mol. The number of carbonyl (C=O) groups excluding carboxylic acids is 1. The molecule has 2 aliphatic rings. The smallest absolute Gasteiger partial charge is 0.274 e. The van der Waals surface area contributed by atoms with E-state index in [2.05, 4.69) is 39.2 Å². The fraction of sp³-hybridized carbons (Fsp3) is 0.500. The Labute approximate surface area is 159 Å². The van der Waals surface area contributed by atoms with Crippen molar-refractivity contribution in [1.82, 2.24) is 24.9 Å². The van der Waals surface area contributed by atoms with Crippen LogP contribution in [0, 0.1) is 0 Å². The van der Waals surface area contributed by atoms with E-state index in [4.69, 9.17) is 4.74 Å². The van der Waals surface area contributed by atoms with Crippen LogP contribution in [0.4, 0.5) is 0 Å². The molecule has 0 saturated carbocycles. The predicted octanol–water partition coefficient (Wildman–Crippen LogP) is 1.36. The van der Waals surface area contributed by atoms with E-state index in [9.17, 15) is 4.79 Å². The molecule has 1 amide bonds. The summed E-state index contributed by atoms with van der Waals surface area (Å²) in [7, 11) is 3.77. The molecule has 0 radical (unpaired) electrons. The Morgan fingerprint density at radius 1 is 1.15 bits per heavy atom. The second-order valence-electron chi connectivity index (χ2n) is 7.43. The van der Waals surface area contributed by atoms with E-state index in [0.717, 1.165) is 69.2 Å². The van der Waals surface area contributed by atoms with Gasteiger partial charge in [-0.1, -0.05) is 12.1 Å². The van der Waals surface area contributed by atoms with E-state index in [-0.39, 0.29) is 5.91 Å². The third-order valence-corrected chi connectivity index (χ3v) is 5.57. The van der Waals surface area contributed by atoms with Gasteiger partial charge in [-0.25, -0.2) is 0 Å². The van der Waals surface area contributed by atoms with Gasteiger partial charge in [-0.2, -0.15) is 5.10 Å². The Balaban J connectivity index is 1.41. The number of amides is 1. The first kappa shape index (κ1) is 18.0. The van der Waals surface area contributed by atoms with Crippen molar-refractivity contribution in [3.8, 4) is 5.75 Å². The van der Waals surface area contributed by atoms with Crippen LogP contribution in [0.2, 0.25) is 0 Å². The van der Waals surface area contributed by atoms with E-state index < -0.39 is 0 Å². The zero-order valence-corrected chi connectivity index (χ0v) is 16.1. The molecule has 1 N–H and O–H groups in total. The summed E-state index contributed by atoms with van der Waals surface area (Å²) < 4.78 is 5.22. The molecule has 144 valence electrons. The summed E-state index contributed by atoms with van der Waals surface area (Å²) in [5.41, 5.74) is 4.06. The van der Waals surface area contributed by atoms with Crippen molar-refractivity contribution in [3.05, 3.63) is 46.8 Å². The van der Waals surface area contributed by atoms with Crippen LogP contribution in [0.3, 0.4) is 0 Å². The lowest BCUT2D eigenvalue weighted by atomic mass is 10.0. The second kappa shape index (κ2) is 7.70. The second-order valence-corrected chi connectivity index (χ2v) is 7.43. The molecule has 3 heterocycles. The Morgan fingerprint density at radius 3 is 2.59 bits per heavy atom. The first-order valence-corrected chi connectivity index (χ1v) is 9.53. The van der Waals surface area contributed by atoms with Crippen molar-refractivity contribution in [1.29, 1.82) is 0 Å². The van der Waals surface area contributed by atoms with Crippen LogP contribution in [0.15, 0.2) is 24.3 Å². The van der Waals surface area contributed by atoms with Gasteiger partial charge in [-0.15, -0.1) is 0 Å². The van der Waals surface area contributed by atoms with Crippen LogP contribution >= 0.6 is 0 Å². The highest BCUT2D eigenvalue weighted by Crippen LogP contribution is 2.23. The lowest BCUT2D eigenvalue weighted by Crippen LogP contribution is -2.47. The number of hydrogen-bond donors (Lipinski definition) is 1. The molecule has 2 aromatic rings. The zero-order valence-electron chi connectivity index (χ0n) is 16.1. The van der Waals surface area contributed by atoms with E-state index in [1.54, 1.807) is 7.11 Å². The minimum Gasteiger partial charge on any atom is -0.497 e. The van der Waals surface area contributed by atoms with Crippen LogP contribution in [-0.2, 0) is 19.5 Å². The summed E-state index contributed by atoms with van der Waals surface area (Å²) in [5, 5.41) is 7.50. The number of fused-ring (bicyclic) bond motifs is 1. The van der Waals surface area contributed by atoms with Gasteiger partial charge in [0.15, 0.2) is 5.69 Å². The van der Waals surface area contributed by atoms with Crippen LogP contribution in [-0.4, -0.2) is 77.7 Å². The summed E-state index contributed by atoms with van der Waals surface area (Å²) >= 11 is 0. The van der Waals surface area contributed by atoms with Crippen LogP contribution in [0.1, 0.15) is 27.3 Å². The molecule has 1 saturated heterocycles. The Kier molecular flexibility index (Phi) is 5.13. The molecule has 7 heteroatoms. The molecule has 2 aliphatic heterocycles. The first-order valence-electron chi connectivity index (χ1n) is 9.53. The number of rotatable bonds is 4. The molecular formula is C20H27N5O2. The molecule has 0 unspecified atom stereocenters. The molecule has 0 atom stereocenters. The maximum absolute atomic E-state index is 12.9. The van der Waals surface area contributed by atoms with Crippen molar-refractivity contribution < 1.29 is 9.53 Å². The SMILES string of the molecule is COc1ccc(CN2CCc3c(C(=O)N4CCN(C)CC4)n[nH]c3C2)cc1. The van der Waals surface area contributed by atoms with E-state index in [1.165, 1.54) is 5.56 Å². The highest BCUT2D eigenvalue weighted by Gasteiger charge is 2.29. The highest BCUT2D eigenvalue weighted by atomic mass is 16.5. The molecule has 1 aromatic carbocycles. The maximum atomic E-state index is 12.9. The fourth-order valence-electron chi connectivity index (χ4n) is 3.83. The lowest BCUT2D eigenvalue weighted by molar-refractivity contribution is 0.0656. The predicted molar refractivity (Wildman–Crippen MR) is 103 cm³/mol. The Bertz CT molecular complexity index is 793. The van der Waals surface area contributed by atoms with Gasteiger partial charge < -0.3 is 14.5 Å². The standard InChI is InChI=1S/C20H27N5O2/c1-23-9-11-25(12-10-23)20(26)19-17-7-8-24(14-18(17)21-22-19)13-15-3-5-16(27-2)6-4-15/h3-6H,7-14H2,1-2H3,(H,21,22). The third kappa shape index (κ3) is 3.84. The number of hydrogen-bond acceptors (Lipinski definition) is 5. The Hall–Kier alpha value is -2.38. The Morgan fingerprint density at radius 2 is 1.89 bits per heavy atom. The first-order chi connectivity index (χ1) is 13.1. The molecule has 1 aromatic heterocycles. The molecule has 0 spiro atoms. The molecular weight excluding hydrogens is 342 g/mol. The number of ether oxygens (including phenoxy) is 1. The van der Waals surface area contributed by atoms with Crippen molar-refractivity contribution in [3.63, 3.8) is 0 Å². The summed E-state index contributed by atoms with van der Waals surface area (Å²) in [4.78, 5) is 19.4. The van der Waals surface area contributed by atoms with Crippen LogP contribution in [0.25, 0.3) is 0 Å². The molecule has 7 nitrogen and oxygen atoms in total. The van der Waals surface area contributed by atoms with Gasteiger partial charge in [0.05, 0.1) is 12.8 Å². The van der Waals surface area contributed by atoms with Gasteiger partial charge in [-0.05, 0) is 31.2 Å². The average Bonchev–Trinajstić information content (AvgIpc) is 3.12. The molecule has 0 bridgehead atoms. The number of aromatic nitrogens is 2. The largest absolute Gasteiger partial charge is 0.497 e. The van der Waals surface area contributed by atoms with Crippen molar-refractivity contribution >= 4 is 5.91 Å². The minimum absolute atomic E-state index is 0.0733. The summed E-state index contributed by atoms with van der Waals surface area (Å²) in [6.45, 7) is 6.01. The van der Waals surface area contributed by atoms with Crippen LogP contribution in [0.5, 0.6) is 5.75 Å². The zero-order chi connectivity index (χ0) is 18.8. The molecule has 0 aliphatic carbocycles. The maximum Gasteiger partial charge on any atom is 0.274 e. The van der Waals surface area contributed by atoms with Gasteiger partial charge in [0, 0.05) is 51.4 Å². The number of benzene rings is 1. The van der Waals surface area contributed by atoms with Crippen molar-refractivity contribution in [2.24, 2.45) is 0 Å². The van der Waals surface area contributed by atoms with Crippen molar-refractivity contribution in [2.75, 3.05) is 46.9 Å². The van der Waals surface area contributed by atoms with E-state index in [1.807, 2.05) is 17.0 Å². The fourth-order valence-corrected chi connectivity index (χ4v) is 3.83. The molecule has 27 heavy (non-hydrogen) atoms. The number of carbonyl (C=O) groups is 1. The number of nitrogens with zero attached hydrogens (tertiary/aromatic N) is 4. The number of H-pyrrole nitrogens is 1. The van der Waals surface area contributed by atoms with Gasteiger partial charge in [0.25, 0.3) is 5.91 Å². The monoisotopic (exact) mass is 369 g/mol. The van der Waals surface area contributed by atoms with E-state index >= 15 is 0 Å². The third-order valence-electron chi connectivity index (χ3n) is 5.57. The van der Waals surface area contributed by atoms with Gasteiger partial charge in [-0.3, -0.25) is 14.8 Å².